The molecule has 1 aliphatic rings. The predicted octanol–water partition coefficient (Wildman–Crippen LogP) is 3.61. The van der Waals surface area contributed by atoms with Crippen molar-refractivity contribution in [2.45, 2.75) is 6.18 Å². The maximum Gasteiger partial charge on any atom is 0.417 e. The van der Waals surface area contributed by atoms with Gasteiger partial charge in [-0.1, -0.05) is 24.8 Å². The number of aliphatic hydroxyl groups excluding tert-OH is 1. The van der Waals surface area contributed by atoms with Crippen LogP contribution in [0.2, 0.25) is 0 Å². The minimum absolute atomic E-state index is 0.0224. The first kappa shape index (κ1) is 12.3. The third kappa shape index (κ3) is 2.40. The Morgan fingerprint density at radius 3 is 2.39 bits per heavy atom. The smallest absolute Gasteiger partial charge is 0.417 e. The second kappa shape index (κ2) is 4.25. The highest BCUT2D eigenvalue weighted by molar-refractivity contribution is 5.72. The molecule has 0 bridgehead atoms. The molecule has 1 heterocycles. The van der Waals surface area contributed by atoms with Crippen LogP contribution in [0.4, 0.5) is 13.2 Å². The molecule has 0 unspecified atom stereocenters. The van der Waals surface area contributed by atoms with Gasteiger partial charge in [-0.15, -0.1) is 0 Å². The SMILES string of the molecule is C=C1C=C(O)C=C(c2ccccc2C(F)(F)F)N1. The third-order valence-corrected chi connectivity index (χ3v) is 2.43. The fraction of sp³-hybridized carbons (Fsp3) is 0.0769. The van der Waals surface area contributed by atoms with Gasteiger partial charge in [-0.3, -0.25) is 0 Å². The fourth-order valence-electron chi connectivity index (χ4n) is 1.72. The molecule has 1 aliphatic heterocycles. The monoisotopic (exact) mass is 253 g/mol. The summed E-state index contributed by atoms with van der Waals surface area (Å²) >= 11 is 0. The number of hydrogen-bond donors (Lipinski definition) is 2. The van der Waals surface area contributed by atoms with E-state index in [4.69, 9.17) is 0 Å². The van der Waals surface area contributed by atoms with Crippen LogP contribution >= 0.6 is 0 Å². The summed E-state index contributed by atoms with van der Waals surface area (Å²) in [7, 11) is 0. The molecule has 0 aromatic heterocycles. The molecule has 0 saturated carbocycles. The van der Waals surface area contributed by atoms with Gasteiger partial charge in [0.1, 0.15) is 5.76 Å². The molecule has 0 atom stereocenters. The van der Waals surface area contributed by atoms with Gasteiger partial charge in [0.2, 0.25) is 0 Å². The molecule has 5 heteroatoms. The van der Waals surface area contributed by atoms with E-state index in [2.05, 4.69) is 11.9 Å². The number of benzene rings is 1. The molecule has 2 nitrogen and oxygen atoms in total. The van der Waals surface area contributed by atoms with Crippen molar-refractivity contribution in [2.75, 3.05) is 0 Å². The molecule has 0 saturated heterocycles. The summed E-state index contributed by atoms with van der Waals surface area (Å²) in [6.07, 6.45) is -1.88. The van der Waals surface area contributed by atoms with Crippen LogP contribution in [0.5, 0.6) is 0 Å². The summed E-state index contributed by atoms with van der Waals surface area (Å²) in [6, 6.07) is 5.16. The van der Waals surface area contributed by atoms with Crippen molar-refractivity contribution in [1.29, 1.82) is 0 Å². The van der Waals surface area contributed by atoms with Crippen molar-refractivity contribution in [1.82, 2.24) is 5.32 Å². The van der Waals surface area contributed by atoms with E-state index in [1.807, 2.05) is 0 Å². The first-order valence-electron chi connectivity index (χ1n) is 5.13. The molecule has 0 aliphatic carbocycles. The molecule has 94 valence electrons. The Labute approximate surface area is 102 Å². The van der Waals surface area contributed by atoms with E-state index in [1.165, 1.54) is 30.4 Å². The molecule has 0 radical (unpaired) electrons. The summed E-state index contributed by atoms with van der Waals surface area (Å²) in [4.78, 5) is 0. The van der Waals surface area contributed by atoms with Crippen LogP contribution in [0.1, 0.15) is 11.1 Å². The number of hydrogen-bond acceptors (Lipinski definition) is 2. The number of dihydropyridines is 1. The number of allylic oxidation sites excluding steroid dienone is 2. The largest absolute Gasteiger partial charge is 0.508 e. The highest BCUT2D eigenvalue weighted by atomic mass is 19.4. The van der Waals surface area contributed by atoms with E-state index in [9.17, 15) is 18.3 Å². The first-order valence-corrected chi connectivity index (χ1v) is 5.13. The fourth-order valence-corrected chi connectivity index (χ4v) is 1.72. The second-order valence-corrected chi connectivity index (χ2v) is 3.82. The zero-order valence-electron chi connectivity index (χ0n) is 9.25. The van der Waals surface area contributed by atoms with Crippen LogP contribution in [-0.4, -0.2) is 5.11 Å². The van der Waals surface area contributed by atoms with Gasteiger partial charge in [0.15, 0.2) is 0 Å². The molecule has 0 fully saturated rings. The summed E-state index contributed by atoms with van der Waals surface area (Å²) in [5, 5.41) is 12.1. The van der Waals surface area contributed by atoms with Crippen LogP contribution in [-0.2, 0) is 6.18 Å². The molecule has 2 N–H and O–H groups in total. The number of halogens is 3. The molecule has 1 aromatic carbocycles. The Morgan fingerprint density at radius 1 is 1.11 bits per heavy atom. The van der Waals surface area contributed by atoms with Gasteiger partial charge in [-0.2, -0.15) is 13.2 Å². The van der Waals surface area contributed by atoms with Gasteiger partial charge in [-0.05, 0) is 6.07 Å². The standard InChI is InChI=1S/C13H10F3NO/c1-8-6-9(18)7-12(17-8)10-4-2-3-5-11(10)13(14,15)16/h2-7,17-18H,1H2. The summed E-state index contributed by atoms with van der Waals surface area (Å²) < 4.78 is 38.5. The van der Waals surface area contributed by atoms with Crippen LogP contribution < -0.4 is 5.32 Å². The average molecular weight is 253 g/mol. The second-order valence-electron chi connectivity index (χ2n) is 3.82. The minimum atomic E-state index is -4.45. The Bertz CT molecular complexity index is 556. The number of nitrogens with one attached hydrogen (secondary N) is 1. The van der Waals surface area contributed by atoms with Crippen molar-refractivity contribution in [3.63, 3.8) is 0 Å². The number of aliphatic hydroxyl groups is 1. The van der Waals surface area contributed by atoms with Crippen LogP contribution in [0.3, 0.4) is 0 Å². The summed E-state index contributed by atoms with van der Waals surface area (Å²) in [5.41, 5.74) is -0.271. The number of alkyl halides is 3. The Balaban J connectivity index is 2.53. The van der Waals surface area contributed by atoms with Crippen molar-refractivity contribution < 1.29 is 18.3 Å². The lowest BCUT2D eigenvalue weighted by Gasteiger charge is -2.19. The van der Waals surface area contributed by atoms with Gasteiger partial charge in [0, 0.05) is 23.4 Å². The summed E-state index contributed by atoms with van der Waals surface area (Å²) in [6.45, 7) is 3.56. The highest BCUT2D eigenvalue weighted by Crippen LogP contribution is 2.35. The van der Waals surface area contributed by atoms with Gasteiger partial charge >= 0.3 is 6.18 Å². The maximum atomic E-state index is 12.8. The molecule has 0 spiro atoms. The molecule has 0 amide bonds. The topological polar surface area (TPSA) is 32.3 Å². The highest BCUT2D eigenvalue weighted by Gasteiger charge is 2.34. The Hall–Kier alpha value is -2.17. The van der Waals surface area contributed by atoms with E-state index in [1.54, 1.807) is 0 Å². The van der Waals surface area contributed by atoms with Gasteiger partial charge in [0.25, 0.3) is 0 Å². The maximum absolute atomic E-state index is 12.8. The van der Waals surface area contributed by atoms with Crippen molar-refractivity contribution in [2.24, 2.45) is 0 Å². The van der Waals surface area contributed by atoms with Crippen LogP contribution in [0, 0.1) is 0 Å². The number of rotatable bonds is 1. The normalized spacial score (nSPS) is 15.8. The Morgan fingerprint density at radius 2 is 1.78 bits per heavy atom. The van der Waals surface area contributed by atoms with E-state index in [0.29, 0.717) is 5.70 Å². The minimum Gasteiger partial charge on any atom is -0.508 e. The van der Waals surface area contributed by atoms with Crippen LogP contribution in [0.15, 0.2) is 54.5 Å². The van der Waals surface area contributed by atoms with E-state index in [0.717, 1.165) is 6.07 Å². The average Bonchev–Trinajstić information content (AvgIpc) is 2.26. The Kier molecular flexibility index (Phi) is 2.90. The van der Waals surface area contributed by atoms with Crippen LogP contribution in [0.25, 0.3) is 5.70 Å². The molecule has 2 rings (SSSR count). The van der Waals surface area contributed by atoms with Gasteiger partial charge in [0.05, 0.1) is 11.3 Å². The quantitative estimate of drug-likeness (QED) is 0.801. The zero-order valence-corrected chi connectivity index (χ0v) is 9.25. The lowest BCUT2D eigenvalue weighted by molar-refractivity contribution is -0.137. The van der Waals surface area contributed by atoms with Crippen molar-refractivity contribution >= 4 is 5.70 Å². The molecular formula is C13H10F3NO. The lowest BCUT2D eigenvalue weighted by Crippen LogP contribution is -2.17. The van der Waals surface area contributed by atoms with E-state index in [-0.39, 0.29) is 17.0 Å². The zero-order chi connectivity index (χ0) is 13.3. The van der Waals surface area contributed by atoms with Crippen molar-refractivity contribution in [3.05, 3.63) is 65.6 Å². The van der Waals surface area contributed by atoms with Gasteiger partial charge < -0.3 is 10.4 Å². The van der Waals surface area contributed by atoms with E-state index < -0.39 is 11.7 Å². The predicted molar refractivity (Wildman–Crippen MR) is 62.4 cm³/mol. The van der Waals surface area contributed by atoms with Crippen molar-refractivity contribution in [3.8, 4) is 0 Å². The summed E-state index contributed by atoms with van der Waals surface area (Å²) in [5.74, 6) is -0.134. The molecule has 18 heavy (non-hydrogen) atoms. The molecule has 1 aromatic rings. The molecular weight excluding hydrogens is 243 g/mol. The van der Waals surface area contributed by atoms with E-state index >= 15 is 0 Å². The first-order chi connectivity index (χ1) is 8.38. The lowest BCUT2D eigenvalue weighted by atomic mass is 10.0. The van der Waals surface area contributed by atoms with Gasteiger partial charge in [-0.25, -0.2) is 0 Å². The third-order valence-electron chi connectivity index (χ3n) is 2.43.